The van der Waals surface area contributed by atoms with Crippen LogP contribution in [0.25, 0.3) is 0 Å². The number of hydrogen-bond donors (Lipinski definition) is 3. The Bertz CT molecular complexity index is 1010. The molecule has 2 amide bonds. The number of benzene rings is 2. The first-order chi connectivity index (χ1) is 16.5. The maximum Gasteiger partial charge on any atom is 0.573 e. The molecule has 0 saturated heterocycles. The molecule has 0 heterocycles. The zero-order chi connectivity index (χ0) is 25.6. The summed E-state index contributed by atoms with van der Waals surface area (Å²) < 4.78 is 72.0. The van der Waals surface area contributed by atoms with E-state index >= 15 is 0 Å². The van der Waals surface area contributed by atoms with Gasteiger partial charge in [-0.05, 0) is 42.0 Å². The number of aliphatic hydroxyl groups is 1. The summed E-state index contributed by atoms with van der Waals surface area (Å²) in [7, 11) is 0. The number of aliphatic hydroxyl groups excluding tert-OH is 1. The van der Waals surface area contributed by atoms with Gasteiger partial charge in [-0.2, -0.15) is 0 Å². The van der Waals surface area contributed by atoms with Crippen LogP contribution in [0.3, 0.4) is 0 Å². The lowest BCUT2D eigenvalue weighted by Gasteiger charge is -2.19. The Morgan fingerprint density at radius 3 is 2.20 bits per heavy atom. The van der Waals surface area contributed by atoms with Crippen LogP contribution in [0, 0.1) is 5.92 Å². The van der Waals surface area contributed by atoms with Crippen LogP contribution in [-0.4, -0.2) is 55.0 Å². The third-order valence-corrected chi connectivity index (χ3v) is 5.15. The lowest BCUT2D eigenvalue weighted by molar-refractivity contribution is -0.274. The predicted molar refractivity (Wildman–Crippen MR) is 113 cm³/mol. The highest BCUT2D eigenvalue weighted by atomic mass is 19.4. The van der Waals surface area contributed by atoms with Crippen molar-refractivity contribution in [2.24, 2.45) is 5.92 Å². The van der Waals surface area contributed by atoms with Gasteiger partial charge in [0.25, 0.3) is 11.8 Å². The molecule has 1 aliphatic carbocycles. The van der Waals surface area contributed by atoms with Crippen LogP contribution in [0.1, 0.15) is 22.3 Å². The normalized spacial score (nSPS) is 17.3. The Hall–Kier alpha value is -3.41. The van der Waals surface area contributed by atoms with E-state index < -0.39 is 41.8 Å². The van der Waals surface area contributed by atoms with Crippen molar-refractivity contribution in [2.45, 2.75) is 31.2 Å². The number of amides is 2. The molecule has 3 N–H and O–H groups in total. The highest BCUT2D eigenvalue weighted by molar-refractivity contribution is 5.97. The third-order valence-electron chi connectivity index (χ3n) is 5.15. The van der Waals surface area contributed by atoms with E-state index in [0.717, 1.165) is 12.1 Å². The largest absolute Gasteiger partial charge is 0.573 e. The fourth-order valence-electron chi connectivity index (χ4n) is 3.17. The van der Waals surface area contributed by atoms with Gasteiger partial charge in [0.05, 0.1) is 19.1 Å². The second-order valence-electron chi connectivity index (χ2n) is 7.93. The Morgan fingerprint density at radius 2 is 1.66 bits per heavy atom. The van der Waals surface area contributed by atoms with E-state index in [1.54, 1.807) is 0 Å². The number of alkyl halides is 5. The molecule has 0 radical (unpaired) electrons. The summed E-state index contributed by atoms with van der Waals surface area (Å²) >= 11 is 0. The Morgan fingerprint density at radius 1 is 1.06 bits per heavy atom. The summed E-state index contributed by atoms with van der Waals surface area (Å²) in [6.45, 7) is -0.530. The first kappa shape index (κ1) is 26.2. The minimum Gasteiger partial charge on any atom is -0.493 e. The molecule has 2 aromatic carbocycles. The van der Waals surface area contributed by atoms with Crippen LogP contribution < -0.4 is 20.1 Å². The van der Waals surface area contributed by atoms with E-state index in [2.05, 4.69) is 15.4 Å². The topological polar surface area (TPSA) is 96.9 Å². The lowest BCUT2D eigenvalue weighted by atomic mass is 10.0. The van der Waals surface area contributed by atoms with Crippen molar-refractivity contribution in [3.05, 3.63) is 59.7 Å². The quantitative estimate of drug-likeness (QED) is 0.411. The fraction of sp³-hybridized carbons (Fsp3) is 0.391. The van der Waals surface area contributed by atoms with Crippen molar-refractivity contribution in [1.29, 1.82) is 0 Å². The minimum atomic E-state index is -4.84. The summed E-state index contributed by atoms with van der Waals surface area (Å²) in [5.74, 6) is -4.86. The van der Waals surface area contributed by atoms with Gasteiger partial charge in [-0.1, -0.05) is 12.1 Å². The minimum absolute atomic E-state index is 0.0495. The van der Waals surface area contributed by atoms with Crippen LogP contribution in [0.5, 0.6) is 11.5 Å². The highest BCUT2D eigenvalue weighted by Crippen LogP contribution is 2.48. The molecule has 1 saturated carbocycles. The Labute approximate surface area is 197 Å². The molecule has 1 aliphatic rings. The molecule has 0 aliphatic heterocycles. The van der Waals surface area contributed by atoms with Crippen LogP contribution in [0.15, 0.2) is 48.5 Å². The second-order valence-corrected chi connectivity index (χ2v) is 7.93. The molecule has 35 heavy (non-hydrogen) atoms. The molecule has 3 rings (SSSR count). The fourth-order valence-corrected chi connectivity index (χ4v) is 3.17. The van der Waals surface area contributed by atoms with Gasteiger partial charge < -0.3 is 25.2 Å². The van der Waals surface area contributed by atoms with Crippen molar-refractivity contribution >= 4 is 11.8 Å². The SMILES string of the molecule is O=C(NC(Cc1ccc(OC(F)(F)F)cc1)C(=O)NCCO)c1ccc(OCC2CC2(F)F)cc1. The molecule has 2 atom stereocenters. The average molecular weight is 502 g/mol. The predicted octanol–water partition coefficient (Wildman–Crippen LogP) is 3.07. The van der Waals surface area contributed by atoms with Gasteiger partial charge in [-0.3, -0.25) is 9.59 Å². The zero-order valence-electron chi connectivity index (χ0n) is 18.3. The summed E-state index contributed by atoms with van der Waals surface area (Å²) in [6.07, 6.45) is -5.11. The molecular formula is C23H23F5N2O5. The van der Waals surface area contributed by atoms with E-state index in [-0.39, 0.29) is 38.2 Å². The Balaban J connectivity index is 1.62. The molecule has 0 aromatic heterocycles. The number of ether oxygens (including phenoxy) is 2. The van der Waals surface area contributed by atoms with Gasteiger partial charge in [0.2, 0.25) is 5.91 Å². The number of carbonyl (C=O) groups excluding carboxylic acids is 2. The summed E-state index contributed by atoms with van der Waals surface area (Å²) in [6, 6.07) is 9.42. The van der Waals surface area contributed by atoms with Crippen molar-refractivity contribution < 1.29 is 46.1 Å². The molecule has 7 nitrogen and oxygen atoms in total. The lowest BCUT2D eigenvalue weighted by Crippen LogP contribution is -2.48. The van der Waals surface area contributed by atoms with E-state index in [9.17, 15) is 31.5 Å². The number of halogens is 5. The highest BCUT2D eigenvalue weighted by Gasteiger charge is 2.57. The van der Waals surface area contributed by atoms with E-state index in [4.69, 9.17) is 9.84 Å². The Kier molecular flexibility index (Phi) is 8.15. The molecule has 2 unspecified atom stereocenters. The van der Waals surface area contributed by atoms with Crippen LogP contribution in [0.4, 0.5) is 22.0 Å². The molecule has 12 heteroatoms. The third kappa shape index (κ3) is 8.09. The van der Waals surface area contributed by atoms with Gasteiger partial charge in [0, 0.05) is 24.9 Å². The van der Waals surface area contributed by atoms with Crippen molar-refractivity contribution in [3.63, 3.8) is 0 Å². The van der Waals surface area contributed by atoms with Gasteiger partial charge in [-0.15, -0.1) is 13.2 Å². The summed E-state index contributed by atoms with van der Waals surface area (Å²) in [4.78, 5) is 25.2. The van der Waals surface area contributed by atoms with Gasteiger partial charge >= 0.3 is 6.36 Å². The van der Waals surface area contributed by atoms with Crippen LogP contribution in [0.2, 0.25) is 0 Å². The number of rotatable bonds is 11. The van der Waals surface area contributed by atoms with E-state index in [1.807, 2.05) is 0 Å². The van der Waals surface area contributed by atoms with Crippen LogP contribution in [-0.2, 0) is 11.2 Å². The summed E-state index contributed by atoms with van der Waals surface area (Å²) in [5.41, 5.74) is 0.618. The molecule has 190 valence electrons. The number of carbonyl (C=O) groups is 2. The second kappa shape index (κ2) is 10.9. The van der Waals surface area contributed by atoms with Crippen LogP contribution >= 0.6 is 0 Å². The summed E-state index contributed by atoms with van der Waals surface area (Å²) in [5, 5.41) is 13.9. The maximum absolute atomic E-state index is 12.9. The van der Waals surface area contributed by atoms with Crippen molar-refractivity contribution in [1.82, 2.24) is 10.6 Å². The molecule has 0 bridgehead atoms. The van der Waals surface area contributed by atoms with E-state index in [1.165, 1.54) is 36.4 Å². The van der Waals surface area contributed by atoms with Gasteiger partial charge in [0.15, 0.2) is 0 Å². The van der Waals surface area contributed by atoms with Gasteiger partial charge in [0.1, 0.15) is 17.5 Å². The molecule has 2 aromatic rings. The smallest absolute Gasteiger partial charge is 0.493 e. The molecular weight excluding hydrogens is 479 g/mol. The number of nitrogens with one attached hydrogen (secondary N) is 2. The number of hydrogen-bond acceptors (Lipinski definition) is 5. The maximum atomic E-state index is 12.9. The first-order valence-electron chi connectivity index (χ1n) is 10.6. The zero-order valence-corrected chi connectivity index (χ0v) is 18.3. The van der Waals surface area contributed by atoms with Gasteiger partial charge in [-0.25, -0.2) is 8.78 Å². The standard InChI is InChI=1S/C23H23F5N2O5/c24-22(25)12-16(22)13-34-17-7-3-15(4-8-17)20(32)30-19(21(33)29-9-10-31)11-14-1-5-18(6-2-14)35-23(26,27)28/h1-8,16,19,31H,9-13H2,(H,29,33)(H,30,32). The molecule has 1 fully saturated rings. The average Bonchev–Trinajstić information content (AvgIpc) is 3.42. The first-order valence-corrected chi connectivity index (χ1v) is 10.6. The molecule has 0 spiro atoms. The monoisotopic (exact) mass is 502 g/mol. The van der Waals surface area contributed by atoms with E-state index in [0.29, 0.717) is 11.3 Å². The van der Waals surface area contributed by atoms with Crippen molar-refractivity contribution in [2.75, 3.05) is 19.8 Å². The van der Waals surface area contributed by atoms with Crippen molar-refractivity contribution in [3.8, 4) is 11.5 Å².